The van der Waals surface area contributed by atoms with E-state index in [1.807, 2.05) is 50.4 Å². The molecule has 0 radical (unpaired) electrons. The number of nitrogens with one attached hydrogen (secondary N) is 1. The van der Waals surface area contributed by atoms with Gasteiger partial charge in [0.1, 0.15) is 18.1 Å². The number of thioether (sulfide) groups is 1. The fourth-order valence-corrected chi connectivity index (χ4v) is 5.34. The maximum Gasteiger partial charge on any atom is 0.326 e. The van der Waals surface area contributed by atoms with Crippen LogP contribution < -0.4 is 11.1 Å². The molecule has 5 atom stereocenters. The summed E-state index contributed by atoms with van der Waals surface area (Å²) in [5.41, 5.74) is 6.79. The Morgan fingerprint density at radius 1 is 1.25 bits per heavy atom. The van der Waals surface area contributed by atoms with Crippen LogP contribution in [0.2, 0.25) is 0 Å². The fraction of sp³-hybridized carbons (Fsp3) is 0.600. The number of thiol groups is 1. The molecule has 9 nitrogen and oxygen atoms in total. The lowest BCUT2D eigenvalue weighted by Gasteiger charge is -2.37. The van der Waals surface area contributed by atoms with Crippen LogP contribution >= 0.6 is 24.4 Å². The van der Waals surface area contributed by atoms with Crippen molar-refractivity contribution in [2.75, 3.05) is 31.4 Å². The van der Waals surface area contributed by atoms with Crippen molar-refractivity contribution in [3.05, 3.63) is 35.9 Å². The van der Waals surface area contributed by atoms with Gasteiger partial charge in [0, 0.05) is 25.3 Å². The van der Waals surface area contributed by atoms with Gasteiger partial charge in [0.2, 0.25) is 17.7 Å². The lowest BCUT2D eigenvalue weighted by molar-refractivity contribution is -0.150. The molecule has 3 amide bonds. The average Bonchev–Trinajstić information content (AvgIpc) is 3.31. The topological polar surface area (TPSA) is 133 Å². The van der Waals surface area contributed by atoms with Crippen LogP contribution in [0.4, 0.5) is 0 Å². The summed E-state index contributed by atoms with van der Waals surface area (Å²) in [5, 5.41) is 12.3. The Kier molecular flexibility index (Phi) is 11.6. The van der Waals surface area contributed by atoms with Crippen LogP contribution in [-0.2, 0) is 19.2 Å². The summed E-state index contributed by atoms with van der Waals surface area (Å²) in [7, 11) is 1.54. The van der Waals surface area contributed by atoms with Gasteiger partial charge in [-0.2, -0.15) is 24.4 Å². The lowest BCUT2D eigenvalue weighted by Crippen LogP contribution is -2.59. The van der Waals surface area contributed by atoms with Crippen molar-refractivity contribution in [2.45, 2.75) is 56.8 Å². The highest BCUT2D eigenvalue weighted by molar-refractivity contribution is 7.98. The Hall–Kier alpha value is -2.24. The van der Waals surface area contributed by atoms with E-state index in [9.17, 15) is 24.3 Å². The largest absolute Gasteiger partial charge is 0.480 e. The second kappa shape index (κ2) is 13.9. The number of carbonyl (C=O) groups excluding carboxylic acids is 3. The van der Waals surface area contributed by atoms with Crippen LogP contribution in [0.1, 0.15) is 38.2 Å². The van der Waals surface area contributed by atoms with Crippen LogP contribution in [0.25, 0.3) is 0 Å². The minimum Gasteiger partial charge on any atom is -0.480 e. The Balaban J connectivity index is 2.42. The Labute approximate surface area is 222 Å². The molecule has 0 bridgehead atoms. The van der Waals surface area contributed by atoms with Crippen LogP contribution in [0.3, 0.4) is 0 Å². The first-order valence-corrected chi connectivity index (χ1v) is 14.1. The third kappa shape index (κ3) is 7.17. The van der Waals surface area contributed by atoms with Gasteiger partial charge in [-0.15, -0.1) is 0 Å². The van der Waals surface area contributed by atoms with Crippen molar-refractivity contribution in [1.82, 2.24) is 15.1 Å². The van der Waals surface area contributed by atoms with Gasteiger partial charge < -0.3 is 26.0 Å². The molecule has 1 saturated heterocycles. The van der Waals surface area contributed by atoms with Gasteiger partial charge in [-0.1, -0.05) is 44.2 Å². The van der Waals surface area contributed by atoms with E-state index in [4.69, 9.17) is 5.73 Å². The summed E-state index contributed by atoms with van der Waals surface area (Å²) < 4.78 is 0. The van der Waals surface area contributed by atoms with Gasteiger partial charge >= 0.3 is 5.97 Å². The van der Waals surface area contributed by atoms with Gasteiger partial charge in [-0.05, 0) is 36.3 Å². The number of hydrogen-bond donors (Lipinski definition) is 4. The Bertz CT molecular complexity index is 917. The predicted octanol–water partition coefficient (Wildman–Crippen LogP) is 1.43. The van der Waals surface area contributed by atoms with E-state index in [0.717, 1.165) is 5.56 Å². The number of aliphatic carboxylic acids is 1. The summed E-state index contributed by atoms with van der Waals surface area (Å²) in [6, 6.07) is 5.78. The molecular weight excluding hydrogens is 500 g/mol. The zero-order chi connectivity index (χ0) is 27.0. The molecule has 1 aliphatic rings. The molecule has 0 aliphatic carbocycles. The highest BCUT2D eigenvalue weighted by Gasteiger charge is 2.46. The van der Waals surface area contributed by atoms with Crippen molar-refractivity contribution in [3.8, 4) is 0 Å². The Morgan fingerprint density at radius 3 is 2.42 bits per heavy atom. The van der Waals surface area contributed by atoms with Crippen LogP contribution in [0.15, 0.2) is 30.3 Å². The van der Waals surface area contributed by atoms with Gasteiger partial charge in [-0.3, -0.25) is 14.4 Å². The normalized spacial score (nSPS) is 20.0. The minimum absolute atomic E-state index is 0.139. The number of amides is 3. The molecule has 1 fully saturated rings. The molecule has 36 heavy (non-hydrogen) atoms. The number of benzene rings is 1. The number of carbonyl (C=O) groups is 4. The molecule has 200 valence electrons. The maximum atomic E-state index is 13.9. The molecule has 11 heteroatoms. The lowest BCUT2D eigenvalue weighted by atomic mass is 9.90. The number of carboxylic acid groups (broad SMARTS) is 1. The molecule has 0 spiro atoms. The second-order valence-corrected chi connectivity index (χ2v) is 10.7. The quantitative estimate of drug-likeness (QED) is 0.296. The summed E-state index contributed by atoms with van der Waals surface area (Å²) in [4.78, 5) is 54.9. The maximum absolute atomic E-state index is 13.9. The van der Waals surface area contributed by atoms with Gasteiger partial charge in [0.25, 0.3) is 0 Å². The average molecular weight is 539 g/mol. The number of hydrogen-bond acceptors (Lipinski definition) is 7. The summed E-state index contributed by atoms with van der Waals surface area (Å²) in [6.45, 7) is 3.98. The number of nitrogens with zero attached hydrogens (tertiary/aromatic N) is 2. The van der Waals surface area contributed by atoms with Gasteiger partial charge in [0.05, 0.1) is 6.04 Å². The van der Waals surface area contributed by atoms with E-state index >= 15 is 0 Å². The standard InChI is InChI=1S/C25H38N4O5S2/c1-15(2)20(28(3)23(31)18(26)14-35)24(32)29-12-10-17(16-8-6-5-7-9-16)21(29)22(30)27-19(25(33)34)11-13-36-4/h5-9,15,17-21,35H,10-14,26H2,1-4H3,(H,27,30)(H,33,34)/t17?,18-,19-,20-,21?/m0/s1. The molecule has 1 aromatic rings. The number of rotatable bonds is 12. The monoisotopic (exact) mass is 538 g/mol. The van der Waals surface area contributed by atoms with E-state index in [1.165, 1.54) is 28.6 Å². The molecular formula is C25H38N4O5S2. The van der Waals surface area contributed by atoms with E-state index in [0.29, 0.717) is 18.7 Å². The number of likely N-dealkylation sites (N-methyl/N-ethyl adjacent to an activating group) is 1. The summed E-state index contributed by atoms with van der Waals surface area (Å²) >= 11 is 5.60. The first-order valence-electron chi connectivity index (χ1n) is 12.1. The molecule has 1 aromatic carbocycles. The van der Waals surface area contributed by atoms with Crippen LogP contribution in [0, 0.1) is 5.92 Å². The van der Waals surface area contributed by atoms with E-state index < -0.39 is 42.0 Å². The first kappa shape index (κ1) is 30.0. The highest BCUT2D eigenvalue weighted by Crippen LogP contribution is 2.35. The molecule has 0 saturated carbocycles. The first-order chi connectivity index (χ1) is 17.0. The van der Waals surface area contributed by atoms with E-state index in [-0.39, 0.29) is 29.9 Å². The van der Waals surface area contributed by atoms with E-state index in [1.54, 1.807) is 0 Å². The number of nitrogens with two attached hydrogens (primary N) is 1. The SMILES string of the molecule is CSCC[C@H](NC(=O)C1C(c2ccccc2)CCN1C(=O)[C@H](C(C)C)N(C)C(=O)[C@@H](N)CS)C(=O)O. The van der Waals surface area contributed by atoms with Crippen LogP contribution in [0.5, 0.6) is 0 Å². The van der Waals surface area contributed by atoms with Crippen molar-refractivity contribution >= 4 is 48.1 Å². The zero-order valence-corrected chi connectivity index (χ0v) is 23.0. The van der Waals surface area contributed by atoms with Crippen LogP contribution in [-0.4, -0.2) is 94.1 Å². The summed E-state index contributed by atoms with van der Waals surface area (Å²) in [6.07, 6.45) is 2.68. The van der Waals surface area contributed by atoms with E-state index in [2.05, 4.69) is 17.9 Å². The molecule has 1 aliphatic heterocycles. The molecule has 0 aromatic heterocycles. The molecule has 4 N–H and O–H groups in total. The zero-order valence-electron chi connectivity index (χ0n) is 21.3. The molecule has 2 unspecified atom stereocenters. The van der Waals surface area contributed by atoms with Gasteiger partial charge in [-0.25, -0.2) is 4.79 Å². The van der Waals surface area contributed by atoms with Gasteiger partial charge in [0.15, 0.2) is 0 Å². The third-order valence-corrected chi connectivity index (χ3v) is 7.60. The number of likely N-dealkylation sites (tertiary alicyclic amines) is 1. The van der Waals surface area contributed by atoms with Crippen molar-refractivity contribution < 1.29 is 24.3 Å². The highest BCUT2D eigenvalue weighted by atomic mass is 32.2. The third-order valence-electron chi connectivity index (χ3n) is 6.57. The Morgan fingerprint density at radius 2 is 1.89 bits per heavy atom. The van der Waals surface area contributed by atoms with Crippen molar-refractivity contribution in [1.29, 1.82) is 0 Å². The minimum atomic E-state index is -1.12. The predicted molar refractivity (Wildman–Crippen MR) is 145 cm³/mol. The number of carboxylic acids is 1. The smallest absolute Gasteiger partial charge is 0.326 e. The molecule has 1 heterocycles. The van der Waals surface area contributed by atoms with Crippen molar-refractivity contribution in [3.63, 3.8) is 0 Å². The van der Waals surface area contributed by atoms with Crippen molar-refractivity contribution in [2.24, 2.45) is 11.7 Å². The fourth-order valence-electron chi connectivity index (χ4n) is 4.71. The summed E-state index contributed by atoms with van der Waals surface area (Å²) in [5.74, 6) is -2.23. The molecule has 2 rings (SSSR count). The second-order valence-electron chi connectivity index (χ2n) is 9.39.